The van der Waals surface area contributed by atoms with Gasteiger partial charge in [-0.1, -0.05) is 0 Å². The second-order valence-electron chi connectivity index (χ2n) is 5.97. The van der Waals surface area contributed by atoms with Gasteiger partial charge in [-0.3, -0.25) is 9.59 Å². The molecule has 0 aromatic carbocycles. The summed E-state index contributed by atoms with van der Waals surface area (Å²) in [5, 5.41) is 2.80. The first-order chi connectivity index (χ1) is 11.0. The number of anilines is 1. The minimum Gasteiger partial charge on any atom is -0.363 e. The topological polar surface area (TPSA) is 91.6 Å². The van der Waals surface area contributed by atoms with Gasteiger partial charge in [-0.15, -0.1) is 0 Å². The SMILES string of the molecule is CN(C)c1ccc(C(=O)N2CCCC(C(=O)NCCN)C2)cn1. The Bertz CT molecular complexity index is 544. The Hall–Kier alpha value is -2.15. The predicted octanol–water partition coefficient (Wildman–Crippen LogP) is 0.0747. The smallest absolute Gasteiger partial charge is 0.255 e. The first-order valence-corrected chi connectivity index (χ1v) is 7.93. The summed E-state index contributed by atoms with van der Waals surface area (Å²) in [6.45, 7) is 2.02. The average Bonchev–Trinajstić information content (AvgIpc) is 2.59. The lowest BCUT2D eigenvalue weighted by atomic mass is 9.96. The van der Waals surface area contributed by atoms with Crippen LogP contribution in [0.4, 0.5) is 5.82 Å². The van der Waals surface area contributed by atoms with Crippen LogP contribution in [0.2, 0.25) is 0 Å². The third-order valence-electron chi connectivity index (χ3n) is 3.98. The van der Waals surface area contributed by atoms with Gasteiger partial charge in [0, 0.05) is 46.5 Å². The highest BCUT2D eigenvalue weighted by Gasteiger charge is 2.28. The van der Waals surface area contributed by atoms with Crippen LogP contribution in [0.25, 0.3) is 0 Å². The number of amides is 2. The van der Waals surface area contributed by atoms with Crippen LogP contribution >= 0.6 is 0 Å². The van der Waals surface area contributed by atoms with Crippen molar-refractivity contribution >= 4 is 17.6 Å². The lowest BCUT2D eigenvalue weighted by molar-refractivity contribution is -0.126. The molecular formula is C16H25N5O2. The van der Waals surface area contributed by atoms with Crippen molar-refractivity contribution in [2.75, 3.05) is 45.2 Å². The fraction of sp³-hybridized carbons (Fsp3) is 0.562. The number of carbonyl (C=O) groups excluding carboxylic acids is 2. The van der Waals surface area contributed by atoms with Gasteiger partial charge >= 0.3 is 0 Å². The van der Waals surface area contributed by atoms with Crippen LogP contribution in [-0.4, -0.2) is 62.0 Å². The van der Waals surface area contributed by atoms with Crippen molar-refractivity contribution < 1.29 is 9.59 Å². The van der Waals surface area contributed by atoms with Crippen LogP contribution in [-0.2, 0) is 4.79 Å². The van der Waals surface area contributed by atoms with Crippen molar-refractivity contribution in [1.29, 1.82) is 0 Å². The number of piperidine rings is 1. The van der Waals surface area contributed by atoms with E-state index in [-0.39, 0.29) is 17.7 Å². The molecule has 0 bridgehead atoms. The van der Waals surface area contributed by atoms with E-state index in [2.05, 4.69) is 10.3 Å². The number of pyridine rings is 1. The molecule has 23 heavy (non-hydrogen) atoms. The molecule has 2 amide bonds. The van der Waals surface area contributed by atoms with Crippen molar-refractivity contribution in [2.45, 2.75) is 12.8 Å². The van der Waals surface area contributed by atoms with Crippen LogP contribution in [0.3, 0.4) is 0 Å². The largest absolute Gasteiger partial charge is 0.363 e. The number of nitrogens with two attached hydrogens (primary N) is 1. The van der Waals surface area contributed by atoms with Gasteiger partial charge in [-0.25, -0.2) is 4.98 Å². The molecular weight excluding hydrogens is 294 g/mol. The fourth-order valence-electron chi connectivity index (χ4n) is 2.68. The van der Waals surface area contributed by atoms with Gasteiger partial charge in [-0.05, 0) is 25.0 Å². The van der Waals surface area contributed by atoms with Gasteiger partial charge in [0.25, 0.3) is 5.91 Å². The van der Waals surface area contributed by atoms with Crippen molar-refractivity contribution in [2.24, 2.45) is 11.7 Å². The second-order valence-corrected chi connectivity index (χ2v) is 5.97. The Labute approximate surface area is 136 Å². The molecule has 0 radical (unpaired) electrons. The maximum atomic E-state index is 12.6. The lowest BCUT2D eigenvalue weighted by Crippen LogP contribution is -2.46. The third kappa shape index (κ3) is 4.41. The summed E-state index contributed by atoms with van der Waals surface area (Å²) in [6.07, 6.45) is 3.23. The standard InChI is InChI=1S/C16H25N5O2/c1-20(2)14-6-5-12(10-19-14)16(23)21-9-3-4-13(11-21)15(22)18-8-7-17/h5-6,10,13H,3-4,7-9,11,17H2,1-2H3,(H,18,22). The monoisotopic (exact) mass is 319 g/mol. The summed E-state index contributed by atoms with van der Waals surface area (Å²) in [5.74, 6) is 0.556. The number of likely N-dealkylation sites (tertiary alicyclic amines) is 1. The zero-order valence-electron chi connectivity index (χ0n) is 13.8. The first-order valence-electron chi connectivity index (χ1n) is 7.93. The van der Waals surface area contributed by atoms with Crippen LogP contribution < -0.4 is 16.0 Å². The summed E-state index contributed by atoms with van der Waals surface area (Å²) in [4.78, 5) is 32.5. The lowest BCUT2D eigenvalue weighted by Gasteiger charge is -2.32. The molecule has 1 fully saturated rings. The molecule has 1 aromatic heterocycles. The Morgan fingerprint density at radius 1 is 1.43 bits per heavy atom. The first kappa shape index (κ1) is 17.2. The van der Waals surface area contributed by atoms with E-state index in [9.17, 15) is 9.59 Å². The number of rotatable bonds is 5. The van der Waals surface area contributed by atoms with E-state index in [1.54, 1.807) is 17.2 Å². The number of aromatic nitrogens is 1. The minimum atomic E-state index is -0.159. The fourth-order valence-corrected chi connectivity index (χ4v) is 2.68. The normalized spacial score (nSPS) is 17.7. The average molecular weight is 319 g/mol. The highest BCUT2D eigenvalue weighted by Crippen LogP contribution is 2.19. The van der Waals surface area contributed by atoms with E-state index in [0.29, 0.717) is 31.7 Å². The molecule has 0 aliphatic carbocycles. The molecule has 1 saturated heterocycles. The summed E-state index contributed by atoms with van der Waals surface area (Å²) in [6, 6.07) is 3.60. The Kier molecular flexibility index (Phi) is 5.92. The van der Waals surface area contributed by atoms with Crippen molar-refractivity contribution in [3.05, 3.63) is 23.9 Å². The number of nitrogens with zero attached hydrogens (tertiary/aromatic N) is 3. The third-order valence-corrected chi connectivity index (χ3v) is 3.98. The molecule has 3 N–H and O–H groups in total. The molecule has 126 valence electrons. The molecule has 1 atom stereocenters. The molecule has 7 nitrogen and oxygen atoms in total. The van der Waals surface area contributed by atoms with Crippen LogP contribution in [0.5, 0.6) is 0 Å². The molecule has 2 rings (SSSR count). The second kappa shape index (κ2) is 7.92. The predicted molar refractivity (Wildman–Crippen MR) is 89.3 cm³/mol. The van der Waals surface area contributed by atoms with E-state index < -0.39 is 0 Å². The van der Waals surface area contributed by atoms with E-state index in [0.717, 1.165) is 18.7 Å². The highest BCUT2D eigenvalue weighted by molar-refractivity contribution is 5.94. The molecule has 0 spiro atoms. The molecule has 7 heteroatoms. The molecule has 1 aromatic rings. The van der Waals surface area contributed by atoms with Crippen LogP contribution in [0, 0.1) is 5.92 Å². The Balaban J connectivity index is 2.00. The van der Waals surface area contributed by atoms with Crippen LogP contribution in [0.1, 0.15) is 23.2 Å². The van der Waals surface area contributed by atoms with Crippen LogP contribution in [0.15, 0.2) is 18.3 Å². The molecule has 1 aliphatic rings. The molecule has 0 saturated carbocycles. The highest BCUT2D eigenvalue weighted by atomic mass is 16.2. The van der Waals surface area contributed by atoms with Gasteiger partial charge in [0.1, 0.15) is 5.82 Å². The summed E-state index contributed by atoms with van der Waals surface area (Å²) >= 11 is 0. The maximum Gasteiger partial charge on any atom is 0.255 e. The van der Waals surface area contributed by atoms with Crippen molar-refractivity contribution in [3.63, 3.8) is 0 Å². The van der Waals surface area contributed by atoms with E-state index in [1.165, 1.54) is 0 Å². The van der Waals surface area contributed by atoms with Gasteiger partial charge in [-0.2, -0.15) is 0 Å². The summed E-state index contributed by atoms with van der Waals surface area (Å²) < 4.78 is 0. The van der Waals surface area contributed by atoms with Crippen molar-refractivity contribution in [3.8, 4) is 0 Å². The zero-order valence-corrected chi connectivity index (χ0v) is 13.8. The van der Waals surface area contributed by atoms with Gasteiger partial charge in [0.15, 0.2) is 0 Å². The number of carbonyl (C=O) groups is 2. The van der Waals surface area contributed by atoms with E-state index in [1.807, 2.05) is 25.1 Å². The van der Waals surface area contributed by atoms with Gasteiger partial charge < -0.3 is 20.9 Å². The summed E-state index contributed by atoms with van der Waals surface area (Å²) in [7, 11) is 3.80. The maximum absolute atomic E-state index is 12.6. The Morgan fingerprint density at radius 2 is 2.22 bits per heavy atom. The van der Waals surface area contributed by atoms with Gasteiger partial charge in [0.05, 0.1) is 11.5 Å². The Morgan fingerprint density at radius 3 is 2.83 bits per heavy atom. The molecule has 1 unspecified atom stereocenters. The number of hydrogen-bond acceptors (Lipinski definition) is 5. The van der Waals surface area contributed by atoms with E-state index >= 15 is 0 Å². The minimum absolute atomic E-state index is 0.0194. The quantitative estimate of drug-likeness (QED) is 0.802. The zero-order chi connectivity index (χ0) is 16.8. The number of nitrogens with one attached hydrogen (secondary N) is 1. The van der Waals surface area contributed by atoms with E-state index in [4.69, 9.17) is 5.73 Å². The molecule has 1 aliphatic heterocycles. The van der Waals surface area contributed by atoms with Crippen molar-refractivity contribution in [1.82, 2.24) is 15.2 Å². The molecule has 2 heterocycles. The van der Waals surface area contributed by atoms with Gasteiger partial charge in [0.2, 0.25) is 5.91 Å². The number of hydrogen-bond donors (Lipinski definition) is 2. The summed E-state index contributed by atoms with van der Waals surface area (Å²) in [5.41, 5.74) is 5.96.